The van der Waals surface area contributed by atoms with Crippen LogP contribution < -0.4 is 10.0 Å². The molecule has 0 unspecified atom stereocenters. The second-order valence-corrected chi connectivity index (χ2v) is 9.89. The minimum atomic E-state index is -3.60. The van der Waals surface area contributed by atoms with Crippen LogP contribution >= 0.6 is 0 Å². The smallest absolute Gasteiger partial charge is 0.251 e. The third-order valence-corrected chi connectivity index (χ3v) is 7.15. The maximum absolute atomic E-state index is 12.4. The van der Waals surface area contributed by atoms with Crippen LogP contribution in [-0.4, -0.2) is 83.7 Å². The Morgan fingerprint density at radius 2 is 1.61 bits per heavy atom. The zero-order valence-electron chi connectivity index (χ0n) is 19.2. The van der Waals surface area contributed by atoms with Crippen LogP contribution in [0.2, 0.25) is 0 Å². The molecule has 0 radical (unpaired) electrons. The van der Waals surface area contributed by atoms with Gasteiger partial charge in [0.1, 0.15) is 0 Å². The van der Waals surface area contributed by atoms with Gasteiger partial charge < -0.3 is 15.0 Å². The molecule has 9 heteroatoms. The fourth-order valence-corrected chi connectivity index (χ4v) is 4.78. The molecular formula is C24H34N4O4S. The van der Waals surface area contributed by atoms with Crippen molar-refractivity contribution in [2.45, 2.75) is 17.9 Å². The largest absolute Gasteiger partial charge is 0.383 e. The summed E-state index contributed by atoms with van der Waals surface area (Å²) in [6, 6.07) is 16.5. The molecule has 0 saturated carbocycles. The highest BCUT2D eigenvalue weighted by Gasteiger charge is 2.17. The number of carbonyl (C=O) groups excluding carboxylic acids is 1. The van der Waals surface area contributed by atoms with Gasteiger partial charge in [-0.3, -0.25) is 9.69 Å². The zero-order chi connectivity index (χ0) is 23.5. The number of piperazine rings is 1. The van der Waals surface area contributed by atoms with E-state index in [2.05, 4.69) is 44.1 Å². The molecule has 0 aromatic heterocycles. The van der Waals surface area contributed by atoms with Crippen molar-refractivity contribution < 1.29 is 17.9 Å². The molecule has 0 atom stereocenters. The first-order chi connectivity index (χ1) is 16.0. The topological polar surface area (TPSA) is 91.0 Å². The van der Waals surface area contributed by atoms with Gasteiger partial charge in [-0.25, -0.2) is 13.1 Å². The van der Waals surface area contributed by atoms with E-state index in [1.807, 2.05) is 6.07 Å². The normalized spacial score (nSPS) is 15.4. The Bertz CT molecular complexity index is 960. The predicted molar refractivity (Wildman–Crippen MR) is 129 cm³/mol. The van der Waals surface area contributed by atoms with Crippen molar-refractivity contribution >= 4 is 15.9 Å². The molecule has 8 nitrogen and oxygen atoms in total. The monoisotopic (exact) mass is 474 g/mol. The Kier molecular flexibility index (Phi) is 9.83. The highest BCUT2D eigenvalue weighted by atomic mass is 32.2. The molecule has 1 heterocycles. The second kappa shape index (κ2) is 12.8. The molecule has 1 saturated heterocycles. The molecule has 3 rings (SSSR count). The second-order valence-electron chi connectivity index (χ2n) is 8.13. The molecular weight excluding hydrogens is 440 g/mol. The van der Waals surface area contributed by atoms with E-state index in [0.29, 0.717) is 18.7 Å². The van der Waals surface area contributed by atoms with E-state index in [9.17, 15) is 13.2 Å². The number of sulfonamides is 1. The summed E-state index contributed by atoms with van der Waals surface area (Å²) in [5, 5.41) is 2.92. The molecule has 0 spiro atoms. The van der Waals surface area contributed by atoms with E-state index in [4.69, 9.17) is 4.74 Å². The van der Waals surface area contributed by atoms with Crippen molar-refractivity contribution in [2.75, 3.05) is 59.5 Å². The molecule has 2 N–H and O–H groups in total. The van der Waals surface area contributed by atoms with Gasteiger partial charge >= 0.3 is 0 Å². The first-order valence-corrected chi connectivity index (χ1v) is 12.8. The average molecular weight is 475 g/mol. The maximum Gasteiger partial charge on any atom is 0.251 e. The van der Waals surface area contributed by atoms with Crippen LogP contribution in [0.25, 0.3) is 0 Å². The Morgan fingerprint density at radius 1 is 0.939 bits per heavy atom. The van der Waals surface area contributed by atoms with Crippen LogP contribution in [0.4, 0.5) is 0 Å². The number of nitrogens with one attached hydrogen (secondary N) is 2. The highest BCUT2D eigenvalue weighted by molar-refractivity contribution is 7.89. The fourth-order valence-electron chi connectivity index (χ4n) is 3.77. The van der Waals surface area contributed by atoms with Gasteiger partial charge in [-0.15, -0.1) is 0 Å². The van der Waals surface area contributed by atoms with E-state index < -0.39 is 10.0 Å². The maximum atomic E-state index is 12.4. The third kappa shape index (κ3) is 8.21. The van der Waals surface area contributed by atoms with Gasteiger partial charge in [0.05, 0.1) is 11.5 Å². The Morgan fingerprint density at radius 3 is 2.27 bits per heavy atom. The lowest BCUT2D eigenvalue weighted by Crippen LogP contribution is -2.46. The highest BCUT2D eigenvalue weighted by Crippen LogP contribution is 2.11. The molecule has 33 heavy (non-hydrogen) atoms. The fraction of sp³-hybridized carbons (Fsp3) is 0.458. The van der Waals surface area contributed by atoms with Crippen LogP contribution in [-0.2, 0) is 21.3 Å². The number of rotatable bonds is 12. The number of ether oxygens (including phenoxy) is 1. The van der Waals surface area contributed by atoms with Gasteiger partial charge in [-0.05, 0) is 42.8 Å². The van der Waals surface area contributed by atoms with Crippen molar-refractivity contribution in [3.63, 3.8) is 0 Å². The summed E-state index contributed by atoms with van der Waals surface area (Å²) in [4.78, 5) is 17.4. The molecule has 0 bridgehead atoms. The third-order valence-electron chi connectivity index (χ3n) is 5.68. The summed E-state index contributed by atoms with van der Waals surface area (Å²) in [5.74, 6) is -0.195. The summed E-state index contributed by atoms with van der Waals surface area (Å²) in [6.07, 6.45) is 0.875. The van der Waals surface area contributed by atoms with Crippen LogP contribution in [0.15, 0.2) is 59.5 Å². The zero-order valence-corrected chi connectivity index (χ0v) is 20.0. The number of benzene rings is 2. The van der Waals surface area contributed by atoms with Crippen molar-refractivity contribution in [1.29, 1.82) is 0 Å². The number of hydrogen-bond acceptors (Lipinski definition) is 6. The van der Waals surface area contributed by atoms with Crippen molar-refractivity contribution in [2.24, 2.45) is 0 Å². The Hall–Kier alpha value is -2.30. The van der Waals surface area contributed by atoms with E-state index in [1.54, 1.807) is 0 Å². The molecule has 180 valence electrons. The lowest BCUT2D eigenvalue weighted by atomic mass is 10.2. The van der Waals surface area contributed by atoms with E-state index in [-0.39, 0.29) is 17.3 Å². The van der Waals surface area contributed by atoms with Gasteiger partial charge in [-0.1, -0.05) is 30.3 Å². The molecule has 1 fully saturated rings. The first-order valence-electron chi connectivity index (χ1n) is 11.3. The first kappa shape index (κ1) is 25.3. The molecule has 2 aromatic rings. The van der Waals surface area contributed by atoms with Crippen molar-refractivity contribution in [3.05, 3.63) is 65.7 Å². The van der Waals surface area contributed by atoms with Crippen LogP contribution in [0, 0.1) is 0 Å². The van der Waals surface area contributed by atoms with Gasteiger partial charge in [-0.2, -0.15) is 0 Å². The molecule has 1 aliphatic rings. The SMILES string of the molecule is COCCNS(=O)(=O)c1ccc(C(=O)NCCCN2CCN(Cc3ccccc3)CC2)cc1. The number of nitrogens with zero attached hydrogens (tertiary/aromatic N) is 2. The summed E-state index contributed by atoms with van der Waals surface area (Å²) in [7, 11) is -2.09. The summed E-state index contributed by atoms with van der Waals surface area (Å²) in [5.41, 5.74) is 1.79. The predicted octanol–water partition coefficient (Wildman–Crippen LogP) is 1.55. The quantitative estimate of drug-likeness (QED) is 0.454. The van der Waals surface area contributed by atoms with E-state index >= 15 is 0 Å². The average Bonchev–Trinajstić information content (AvgIpc) is 2.83. The lowest BCUT2D eigenvalue weighted by molar-refractivity contribution is 0.0947. The summed E-state index contributed by atoms with van der Waals surface area (Å²) in [6.45, 7) is 7.20. The van der Waals surface area contributed by atoms with Crippen molar-refractivity contribution in [1.82, 2.24) is 19.8 Å². The van der Waals surface area contributed by atoms with Gasteiger partial charge in [0.25, 0.3) is 5.91 Å². The lowest BCUT2D eigenvalue weighted by Gasteiger charge is -2.34. The van der Waals surface area contributed by atoms with E-state index in [1.165, 1.54) is 36.9 Å². The van der Waals surface area contributed by atoms with Gasteiger partial charge in [0, 0.05) is 58.5 Å². The van der Waals surface area contributed by atoms with Gasteiger partial charge in [0.2, 0.25) is 10.0 Å². The summed E-state index contributed by atoms with van der Waals surface area (Å²) < 4.78 is 31.7. The number of carbonyl (C=O) groups is 1. The van der Waals surface area contributed by atoms with Crippen LogP contribution in [0.1, 0.15) is 22.3 Å². The van der Waals surface area contributed by atoms with Gasteiger partial charge in [0.15, 0.2) is 0 Å². The van der Waals surface area contributed by atoms with Crippen LogP contribution in [0.3, 0.4) is 0 Å². The molecule has 0 aliphatic carbocycles. The standard InChI is InChI=1S/C24H34N4O4S/c1-32-19-13-26-33(30,31)23-10-8-22(9-11-23)24(29)25-12-5-14-27-15-17-28(18-16-27)20-21-6-3-2-4-7-21/h2-4,6-11,26H,5,12-20H2,1H3,(H,25,29). The minimum Gasteiger partial charge on any atom is -0.383 e. The number of amides is 1. The number of methoxy groups -OCH3 is 1. The van der Waals surface area contributed by atoms with E-state index in [0.717, 1.165) is 45.7 Å². The summed E-state index contributed by atoms with van der Waals surface area (Å²) >= 11 is 0. The van der Waals surface area contributed by atoms with Crippen LogP contribution in [0.5, 0.6) is 0 Å². The Labute approximate surface area is 197 Å². The number of hydrogen-bond donors (Lipinski definition) is 2. The van der Waals surface area contributed by atoms with Crippen molar-refractivity contribution in [3.8, 4) is 0 Å². The molecule has 1 amide bonds. The minimum absolute atomic E-state index is 0.126. The Balaban J connectivity index is 1.33. The molecule has 2 aromatic carbocycles. The molecule has 1 aliphatic heterocycles.